The predicted octanol–water partition coefficient (Wildman–Crippen LogP) is 3.82. The minimum Gasteiger partial charge on any atom is -0.334 e. The van der Waals surface area contributed by atoms with Gasteiger partial charge in [-0.25, -0.2) is 4.98 Å². The van der Waals surface area contributed by atoms with Gasteiger partial charge in [0.1, 0.15) is 0 Å². The topological polar surface area (TPSA) is 80.9 Å². The minimum absolute atomic E-state index is 0.110. The molecule has 1 N–H and O–H groups in total. The molecule has 2 aromatic heterocycles. The van der Waals surface area contributed by atoms with Gasteiger partial charge in [0.25, 0.3) is 5.89 Å². The lowest BCUT2D eigenvalue weighted by molar-refractivity contribution is -0.113. The summed E-state index contributed by atoms with van der Waals surface area (Å²) in [7, 11) is 0. The Hall–Kier alpha value is -2.38. The van der Waals surface area contributed by atoms with Gasteiger partial charge in [-0.15, -0.1) is 0 Å². The van der Waals surface area contributed by atoms with Crippen molar-refractivity contribution in [1.82, 2.24) is 15.1 Å². The molecule has 0 spiro atoms. The molecule has 0 atom stereocenters. The number of hydrogen-bond acceptors (Lipinski definition) is 6. The Labute approximate surface area is 147 Å². The van der Waals surface area contributed by atoms with E-state index in [0.29, 0.717) is 22.4 Å². The highest BCUT2D eigenvalue weighted by atomic mass is 35.5. The van der Waals surface area contributed by atoms with Gasteiger partial charge in [-0.05, 0) is 43.3 Å². The fraction of sp³-hybridized carbons (Fsp3) is 0.125. The van der Waals surface area contributed by atoms with Crippen molar-refractivity contribution in [2.45, 2.75) is 11.9 Å². The highest BCUT2D eigenvalue weighted by Crippen LogP contribution is 2.21. The number of thioether (sulfide) groups is 1. The van der Waals surface area contributed by atoms with Crippen molar-refractivity contribution in [2.24, 2.45) is 0 Å². The van der Waals surface area contributed by atoms with E-state index in [0.717, 1.165) is 10.6 Å². The Bertz CT molecular complexity index is 834. The number of hydrogen-bond donors (Lipinski definition) is 1. The van der Waals surface area contributed by atoms with Gasteiger partial charge in [-0.2, -0.15) is 4.98 Å². The number of nitrogens with one attached hydrogen (secondary N) is 1. The van der Waals surface area contributed by atoms with E-state index in [2.05, 4.69) is 20.4 Å². The number of carbonyl (C=O) groups is 1. The average Bonchev–Trinajstić information content (AvgIpc) is 3.02. The van der Waals surface area contributed by atoms with Crippen LogP contribution < -0.4 is 5.32 Å². The maximum atomic E-state index is 11.9. The number of aryl methyl sites for hydroxylation is 1. The summed E-state index contributed by atoms with van der Waals surface area (Å²) in [6.07, 6.45) is 1.65. The molecule has 0 aliphatic heterocycles. The first kappa shape index (κ1) is 16.5. The molecular weight excluding hydrogens is 348 g/mol. The maximum absolute atomic E-state index is 11.9. The summed E-state index contributed by atoms with van der Waals surface area (Å²) in [5.74, 6) is 1.15. The molecule has 24 heavy (non-hydrogen) atoms. The smallest absolute Gasteiger partial charge is 0.259 e. The molecule has 2 heterocycles. The molecule has 0 unspecified atom stereocenters. The molecule has 6 nitrogen and oxygen atoms in total. The number of amides is 1. The zero-order valence-corrected chi connectivity index (χ0v) is 14.3. The van der Waals surface area contributed by atoms with Crippen molar-refractivity contribution in [2.75, 3.05) is 11.1 Å². The number of rotatable bonds is 5. The van der Waals surface area contributed by atoms with Crippen molar-refractivity contribution in [3.8, 4) is 11.5 Å². The minimum atomic E-state index is -0.110. The van der Waals surface area contributed by atoms with Gasteiger partial charge in [0.05, 0.1) is 16.3 Å². The molecule has 122 valence electrons. The molecule has 0 saturated heterocycles. The Morgan fingerprint density at radius 2 is 2.04 bits per heavy atom. The quantitative estimate of drug-likeness (QED) is 0.696. The van der Waals surface area contributed by atoms with E-state index < -0.39 is 0 Å². The van der Waals surface area contributed by atoms with Crippen molar-refractivity contribution >= 4 is 35.0 Å². The van der Waals surface area contributed by atoms with Crippen molar-refractivity contribution in [3.05, 3.63) is 53.4 Å². The highest BCUT2D eigenvalue weighted by molar-refractivity contribution is 7.99. The van der Waals surface area contributed by atoms with Gasteiger partial charge < -0.3 is 9.84 Å². The van der Waals surface area contributed by atoms with Crippen molar-refractivity contribution in [1.29, 1.82) is 0 Å². The van der Waals surface area contributed by atoms with Gasteiger partial charge in [-0.3, -0.25) is 4.79 Å². The van der Waals surface area contributed by atoms with Gasteiger partial charge in [0, 0.05) is 16.9 Å². The Morgan fingerprint density at radius 3 is 2.67 bits per heavy atom. The average molecular weight is 361 g/mol. The summed E-state index contributed by atoms with van der Waals surface area (Å²) in [6, 6.07) is 10.6. The van der Waals surface area contributed by atoms with Gasteiger partial charge in [0.2, 0.25) is 5.91 Å². The van der Waals surface area contributed by atoms with E-state index in [1.54, 1.807) is 37.4 Å². The van der Waals surface area contributed by atoms with Crippen LogP contribution in [0, 0.1) is 6.92 Å². The van der Waals surface area contributed by atoms with Crippen molar-refractivity contribution < 1.29 is 9.32 Å². The fourth-order valence-electron chi connectivity index (χ4n) is 1.88. The van der Waals surface area contributed by atoms with E-state index in [9.17, 15) is 4.79 Å². The first-order valence-electron chi connectivity index (χ1n) is 7.05. The monoisotopic (exact) mass is 360 g/mol. The van der Waals surface area contributed by atoms with Crippen molar-refractivity contribution in [3.63, 3.8) is 0 Å². The second kappa shape index (κ2) is 7.46. The Kier molecular flexibility index (Phi) is 5.12. The number of anilines is 1. The van der Waals surface area contributed by atoms with Crippen LogP contribution in [0.2, 0.25) is 5.02 Å². The highest BCUT2D eigenvalue weighted by Gasteiger charge is 2.08. The summed E-state index contributed by atoms with van der Waals surface area (Å²) in [4.78, 5) is 20.4. The first-order chi connectivity index (χ1) is 11.6. The van der Waals surface area contributed by atoms with Crippen LogP contribution >= 0.6 is 23.4 Å². The number of carbonyl (C=O) groups excluding carboxylic acids is 1. The lowest BCUT2D eigenvalue weighted by Crippen LogP contribution is -2.13. The van der Waals surface area contributed by atoms with E-state index in [-0.39, 0.29) is 11.7 Å². The third-order valence-corrected chi connectivity index (χ3v) is 4.19. The van der Waals surface area contributed by atoms with Gasteiger partial charge >= 0.3 is 0 Å². The summed E-state index contributed by atoms with van der Waals surface area (Å²) >= 11 is 7.15. The molecule has 0 aliphatic carbocycles. The van der Waals surface area contributed by atoms with E-state index in [4.69, 9.17) is 16.1 Å². The molecule has 1 aromatic carbocycles. The molecule has 3 aromatic rings. The zero-order chi connectivity index (χ0) is 16.9. The molecule has 8 heteroatoms. The van der Waals surface area contributed by atoms with Crippen LogP contribution in [0.15, 0.2) is 52.1 Å². The third kappa shape index (κ3) is 4.33. The van der Waals surface area contributed by atoms with Crippen LogP contribution in [0.1, 0.15) is 5.82 Å². The lowest BCUT2D eigenvalue weighted by atomic mass is 10.3. The molecule has 3 rings (SSSR count). The largest absolute Gasteiger partial charge is 0.334 e. The number of pyridine rings is 1. The van der Waals surface area contributed by atoms with Crippen LogP contribution in [0.25, 0.3) is 11.5 Å². The van der Waals surface area contributed by atoms with Crippen LogP contribution in [0.5, 0.6) is 0 Å². The third-order valence-electron chi connectivity index (χ3n) is 2.99. The van der Waals surface area contributed by atoms with Crippen LogP contribution in [-0.4, -0.2) is 26.8 Å². The number of benzene rings is 1. The second-order valence-electron chi connectivity index (χ2n) is 4.88. The summed E-state index contributed by atoms with van der Waals surface area (Å²) in [5.41, 5.74) is 1.45. The van der Waals surface area contributed by atoms with Gasteiger partial charge in [0.15, 0.2) is 5.82 Å². The summed E-state index contributed by atoms with van der Waals surface area (Å²) in [6.45, 7) is 1.75. The van der Waals surface area contributed by atoms with Gasteiger partial charge in [-0.1, -0.05) is 28.5 Å². The maximum Gasteiger partial charge on any atom is 0.259 e. The molecule has 1 amide bonds. The summed E-state index contributed by atoms with van der Waals surface area (Å²) in [5, 5.41) is 7.91. The van der Waals surface area contributed by atoms with Crippen LogP contribution in [0.3, 0.4) is 0 Å². The van der Waals surface area contributed by atoms with E-state index >= 15 is 0 Å². The Morgan fingerprint density at radius 1 is 1.25 bits per heavy atom. The zero-order valence-electron chi connectivity index (χ0n) is 12.7. The lowest BCUT2D eigenvalue weighted by Gasteiger charge is -2.05. The molecular formula is C16H13ClN4O2S. The molecule has 0 saturated carbocycles. The second-order valence-corrected chi connectivity index (χ2v) is 6.31. The molecule has 0 radical (unpaired) electrons. The number of halogens is 1. The normalized spacial score (nSPS) is 10.6. The standard InChI is InChI=1S/C16H13ClN4O2S/c1-10-19-16(23-21-10)11-2-7-15(18-8-11)24-9-14(22)20-13-5-3-12(17)4-6-13/h2-8H,9H2,1H3,(H,20,22). The predicted molar refractivity (Wildman–Crippen MR) is 93.1 cm³/mol. The van der Waals surface area contributed by atoms with Crippen LogP contribution in [0.4, 0.5) is 5.69 Å². The Balaban J connectivity index is 1.54. The van der Waals surface area contributed by atoms with Crippen LogP contribution in [-0.2, 0) is 4.79 Å². The number of nitrogens with zero attached hydrogens (tertiary/aromatic N) is 3. The SMILES string of the molecule is Cc1noc(-c2ccc(SCC(=O)Nc3ccc(Cl)cc3)nc2)n1. The van der Waals surface area contributed by atoms with E-state index in [1.807, 2.05) is 12.1 Å². The fourth-order valence-corrected chi connectivity index (χ4v) is 2.64. The molecule has 0 aliphatic rings. The van der Waals surface area contributed by atoms with E-state index in [1.165, 1.54) is 11.8 Å². The first-order valence-corrected chi connectivity index (χ1v) is 8.41. The molecule has 0 fully saturated rings. The number of aromatic nitrogens is 3. The summed E-state index contributed by atoms with van der Waals surface area (Å²) < 4.78 is 5.08. The molecule has 0 bridgehead atoms.